The molecule has 5 fully saturated rings. The first-order valence-corrected chi connectivity index (χ1v) is 12.6. The zero-order valence-corrected chi connectivity index (χ0v) is 19.7. The van der Waals surface area contributed by atoms with E-state index in [1.54, 1.807) is 6.92 Å². The molecular formula is C24H35N5OS. The SMILES string of the molecule is CCCc1nc(N2CCN(C(C)=O)CC2)ncc1C(=S)NC1C2CC3CC(C2)CC1C3. The normalized spacial score (nSPS) is 31.7. The van der Waals surface area contributed by atoms with Gasteiger partial charge in [-0.25, -0.2) is 9.97 Å². The van der Waals surface area contributed by atoms with Crippen molar-refractivity contribution in [3.05, 3.63) is 17.5 Å². The molecule has 168 valence electrons. The smallest absolute Gasteiger partial charge is 0.225 e. The van der Waals surface area contributed by atoms with Crippen molar-refractivity contribution in [1.29, 1.82) is 0 Å². The fraction of sp³-hybridized carbons (Fsp3) is 0.750. The molecule has 0 aromatic carbocycles. The van der Waals surface area contributed by atoms with Gasteiger partial charge in [0.25, 0.3) is 0 Å². The van der Waals surface area contributed by atoms with E-state index in [4.69, 9.17) is 22.2 Å². The third kappa shape index (κ3) is 4.18. The van der Waals surface area contributed by atoms with Crippen LogP contribution in [0.5, 0.6) is 0 Å². The van der Waals surface area contributed by atoms with Crippen LogP contribution in [0.2, 0.25) is 0 Å². The zero-order chi connectivity index (χ0) is 21.5. The van der Waals surface area contributed by atoms with Crippen molar-refractivity contribution in [2.45, 2.75) is 64.8 Å². The minimum atomic E-state index is 0.142. The number of amides is 1. The number of thiocarbonyl (C=S) groups is 1. The number of hydrogen-bond acceptors (Lipinski definition) is 5. The fourth-order valence-corrected chi connectivity index (χ4v) is 7.09. The number of anilines is 1. The van der Waals surface area contributed by atoms with Crippen LogP contribution in [0.3, 0.4) is 0 Å². The Morgan fingerprint density at radius 2 is 1.74 bits per heavy atom. The summed E-state index contributed by atoms with van der Waals surface area (Å²) in [6, 6.07) is 0.536. The Morgan fingerprint density at radius 3 is 2.32 bits per heavy atom. The van der Waals surface area contributed by atoms with E-state index in [2.05, 4.69) is 17.1 Å². The van der Waals surface area contributed by atoms with E-state index >= 15 is 0 Å². The molecule has 4 saturated carbocycles. The Labute approximate surface area is 191 Å². The van der Waals surface area contributed by atoms with Gasteiger partial charge in [-0.2, -0.15) is 0 Å². The van der Waals surface area contributed by atoms with Gasteiger partial charge >= 0.3 is 0 Å². The van der Waals surface area contributed by atoms with Crippen LogP contribution in [0.4, 0.5) is 5.95 Å². The van der Waals surface area contributed by atoms with Crippen LogP contribution in [0.15, 0.2) is 6.20 Å². The molecule has 4 aliphatic carbocycles. The van der Waals surface area contributed by atoms with Crippen molar-refractivity contribution in [3.63, 3.8) is 0 Å². The molecule has 0 atom stereocenters. The predicted molar refractivity (Wildman–Crippen MR) is 126 cm³/mol. The number of rotatable bonds is 5. The van der Waals surface area contributed by atoms with E-state index in [0.29, 0.717) is 6.04 Å². The summed E-state index contributed by atoms with van der Waals surface area (Å²) in [7, 11) is 0. The second-order valence-corrected chi connectivity index (χ2v) is 10.6. The molecular weight excluding hydrogens is 406 g/mol. The highest BCUT2D eigenvalue weighted by Gasteiger charge is 2.48. The molecule has 6 nitrogen and oxygen atoms in total. The van der Waals surface area contributed by atoms with Crippen molar-refractivity contribution in [2.24, 2.45) is 23.7 Å². The first-order valence-electron chi connectivity index (χ1n) is 12.2. The van der Waals surface area contributed by atoms with Gasteiger partial charge in [0.15, 0.2) is 0 Å². The highest BCUT2D eigenvalue weighted by Crippen LogP contribution is 2.53. The fourth-order valence-electron chi connectivity index (χ4n) is 6.79. The maximum atomic E-state index is 11.6. The van der Waals surface area contributed by atoms with E-state index in [9.17, 15) is 4.79 Å². The average molecular weight is 442 g/mol. The molecule has 1 aliphatic heterocycles. The summed E-state index contributed by atoms with van der Waals surface area (Å²) in [5.74, 6) is 4.44. The lowest BCUT2D eigenvalue weighted by Gasteiger charge is -2.54. The number of piperazine rings is 1. The van der Waals surface area contributed by atoms with Crippen LogP contribution >= 0.6 is 12.2 Å². The molecule has 7 heteroatoms. The number of hydrogen-bond donors (Lipinski definition) is 1. The molecule has 1 amide bonds. The zero-order valence-electron chi connectivity index (χ0n) is 18.8. The third-order valence-corrected chi connectivity index (χ3v) is 8.46. The van der Waals surface area contributed by atoms with Crippen LogP contribution in [-0.4, -0.2) is 58.0 Å². The van der Waals surface area contributed by atoms with Crippen molar-refractivity contribution in [1.82, 2.24) is 20.2 Å². The Balaban J connectivity index is 1.30. The summed E-state index contributed by atoms with van der Waals surface area (Å²) in [4.78, 5) is 26.2. The number of carbonyl (C=O) groups is 1. The molecule has 0 unspecified atom stereocenters. The van der Waals surface area contributed by atoms with Gasteiger partial charge < -0.3 is 15.1 Å². The van der Waals surface area contributed by atoms with E-state index in [1.165, 1.54) is 32.1 Å². The van der Waals surface area contributed by atoms with E-state index in [-0.39, 0.29) is 5.91 Å². The molecule has 1 saturated heterocycles. The minimum absolute atomic E-state index is 0.142. The van der Waals surface area contributed by atoms with Crippen molar-refractivity contribution in [3.8, 4) is 0 Å². The molecule has 1 N–H and O–H groups in total. The average Bonchev–Trinajstić information content (AvgIpc) is 2.76. The summed E-state index contributed by atoms with van der Waals surface area (Å²) in [5, 5.41) is 3.79. The molecule has 1 aromatic rings. The largest absolute Gasteiger partial charge is 0.372 e. The third-order valence-electron chi connectivity index (χ3n) is 8.12. The monoisotopic (exact) mass is 441 g/mol. The minimum Gasteiger partial charge on any atom is -0.372 e. The lowest BCUT2D eigenvalue weighted by molar-refractivity contribution is -0.129. The number of nitrogens with zero attached hydrogens (tertiary/aromatic N) is 4. The van der Waals surface area contributed by atoms with Gasteiger partial charge in [-0.05, 0) is 62.2 Å². The molecule has 1 aromatic heterocycles. The molecule has 0 spiro atoms. The van der Waals surface area contributed by atoms with Crippen LogP contribution in [0, 0.1) is 23.7 Å². The number of aromatic nitrogens is 2. The van der Waals surface area contributed by atoms with Gasteiger partial charge in [0.1, 0.15) is 4.99 Å². The second-order valence-electron chi connectivity index (χ2n) is 10.2. The highest BCUT2D eigenvalue weighted by atomic mass is 32.1. The second kappa shape index (κ2) is 8.64. The molecule has 4 bridgehead atoms. The van der Waals surface area contributed by atoms with E-state index in [1.807, 2.05) is 11.1 Å². The van der Waals surface area contributed by atoms with Crippen LogP contribution in [0.25, 0.3) is 0 Å². The van der Waals surface area contributed by atoms with Gasteiger partial charge in [-0.15, -0.1) is 0 Å². The van der Waals surface area contributed by atoms with Crippen molar-refractivity contribution < 1.29 is 4.79 Å². The quantitative estimate of drug-likeness (QED) is 0.708. The summed E-state index contributed by atoms with van der Waals surface area (Å²) in [5.41, 5.74) is 2.07. The lowest BCUT2D eigenvalue weighted by atomic mass is 9.54. The van der Waals surface area contributed by atoms with Gasteiger partial charge in [0.05, 0.1) is 5.69 Å². The summed E-state index contributed by atoms with van der Waals surface area (Å²) in [6.45, 7) is 6.84. The molecule has 5 aliphatic rings. The molecule has 2 heterocycles. The first kappa shape index (κ1) is 21.1. The molecule has 6 rings (SSSR count). The summed E-state index contributed by atoms with van der Waals surface area (Å²) < 4.78 is 0. The topological polar surface area (TPSA) is 61.4 Å². The summed E-state index contributed by atoms with van der Waals surface area (Å²) in [6.07, 6.45) is 10.9. The maximum absolute atomic E-state index is 11.6. The van der Waals surface area contributed by atoms with Gasteiger partial charge in [-0.3, -0.25) is 4.79 Å². The molecule has 31 heavy (non-hydrogen) atoms. The van der Waals surface area contributed by atoms with E-state index < -0.39 is 0 Å². The van der Waals surface area contributed by atoms with Crippen molar-refractivity contribution in [2.75, 3.05) is 31.1 Å². The number of aryl methyl sites for hydroxylation is 1. The number of nitrogens with one attached hydrogen (secondary N) is 1. The van der Waals surface area contributed by atoms with Crippen LogP contribution in [0.1, 0.15) is 63.6 Å². The first-order chi connectivity index (χ1) is 15.0. The Morgan fingerprint density at radius 1 is 1.10 bits per heavy atom. The van der Waals surface area contributed by atoms with Crippen molar-refractivity contribution >= 4 is 29.1 Å². The highest BCUT2D eigenvalue weighted by molar-refractivity contribution is 7.80. The lowest BCUT2D eigenvalue weighted by Crippen LogP contribution is -2.55. The van der Waals surface area contributed by atoms with Gasteiger partial charge in [0.2, 0.25) is 11.9 Å². The Kier molecular flexibility index (Phi) is 5.88. The Bertz CT molecular complexity index is 822. The van der Waals surface area contributed by atoms with Gasteiger partial charge in [-0.1, -0.05) is 25.6 Å². The molecule has 0 radical (unpaired) electrons. The Hall–Kier alpha value is -1.76. The van der Waals surface area contributed by atoms with Crippen LogP contribution in [-0.2, 0) is 11.2 Å². The van der Waals surface area contributed by atoms with Gasteiger partial charge in [0, 0.05) is 50.9 Å². The standard InChI is InChI=1S/C24H35N5OS/c1-3-4-21-20(14-25-24(26-21)29-7-5-28(6-8-29)15(2)30)23(31)27-22-18-10-16-9-17(12-18)13-19(22)11-16/h14,16-19,22H,3-13H2,1-2H3,(H,27,31). The maximum Gasteiger partial charge on any atom is 0.225 e. The van der Waals surface area contributed by atoms with E-state index in [0.717, 1.165) is 84.9 Å². The summed E-state index contributed by atoms with van der Waals surface area (Å²) >= 11 is 5.92. The number of carbonyl (C=O) groups excluding carboxylic acids is 1. The predicted octanol–water partition coefficient (Wildman–Crippen LogP) is 3.19. The van der Waals surface area contributed by atoms with Crippen LogP contribution < -0.4 is 10.2 Å².